The van der Waals surface area contributed by atoms with E-state index in [9.17, 15) is 0 Å². The topological polar surface area (TPSA) is 27.7 Å². The second-order valence-electron chi connectivity index (χ2n) is 11.9. The molecule has 0 aromatic carbocycles. The summed E-state index contributed by atoms with van der Waals surface area (Å²) in [6.07, 6.45) is 6.03. The van der Waals surface area contributed by atoms with Gasteiger partial charge in [-0.1, -0.05) is 53.7 Å². The first-order valence-corrected chi connectivity index (χ1v) is 14.3. The molecule has 0 aromatic heterocycles. The fourth-order valence-electron chi connectivity index (χ4n) is 6.07. The second-order valence-corrected chi connectivity index (χ2v) is 16.7. The molecule has 0 unspecified atom stereocenters. The Balaban J connectivity index is 1.82. The molecule has 1 saturated heterocycles. The van der Waals surface area contributed by atoms with Gasteiger partial charge in [0.25, 0.3) is 0 Å². The van der Waals surface area contributed by atoms with Gasteiger partial charge in [0.15, 0.2) is 14.6 Å². The first-order chi connectivity index (χ1) is 12.8. The van der Waals surface area contributed by atoms with Crippen molar-refractivity contribution in [2.45, 2.75) is 104 Å². The van der Waals surface area contributed by atoms with Gasteiger partial charge in [0.2, 0.25) is 0 Å². The summed E-state index contributed by atoms with van der Waals surface area (Å²) >= 11 is 0. The molecule has 4 heteroatoms. The van der Waals surface area contributed by atoms with Crippen LogP contribution in [0.1, 0.15) is 73.6 Å². The Bertz CT molecular complexity index is 585. The largest absolute Gasteiger partial charge is 0.413 e. The van der Waals surface area contributed by atoms with Crippen LogP contribution in [0, 0.1) is 22.7 Å². The molecule has 2 saturated carbocycles. The lowest BCUT2D eigenvalue weighted by atomic mass is 9.46. The maximum absolute atomic E-state index is 7.02. The van der Waals surface area contributed by atoms with E-state index >= 15 is 0 Å². The van der Waals surface area contributed by atoms with E-state index in [0.717, 1.165) is 32.5 Å². The Kier molecular flexibility index (Phi) is 6.04. The minimum Gasteiger partial charge on any atom is -0.413 e. The van der Waals surface area contributed by atoms with E-state index in [4.69, 9.17) is 13.9 Å². The fourth-order valence-corrected chi connectivity index (χ4v) is 7.55. The molecule has 4 atom stereocenters. The summed E-state index contributed by atoms with van der Waals surface area (Å²) in [6, 6.07) is 0. The van der Waals surface area contributed by atoms with E-state index in [1.165, 1.54) is 18.4 Å². The van der Waals surface area contributed by atoms with E-state index in [0.29, 0.717) is 17.9 Å². The SMILES string of the molecule is C=C1CC[C@H]2C(C)(C)[C@@H](O[Si](C)(C)C(C)(C)C)CC[C@]2(C)[C@H]1CC1OCCO1. The third-order valence-corrected chi connectivity index (χ3v) is 13.4. The van der Waals surface area contributed by atoms with Crippen LogP contribution in [0.5, 0.6) is 0 Å². The highest BCUT2D eigenvalue weighted by atomic mass is 28.4. The monoisotopic (exact) mass is 408 g/mol. The first-order valence-electron chi connectivity index (χ1n) is 11.4. The van der Waals surface area contributed by atoms with Crippen molar-refractivity contribution in [3.63, 3.8) is 0 Å². The van der Waals surface area contributed by atoms with E-state index in [-0.39, 0.29) is 22.2 Å². The normalized spacial score (nSPS) is 37.1. The summed E-state index contributed by atoms with van der Waals surface area (Å²) in [4.78, 5) is 0. The number of hydrogen-bond acceptors (Lipinski definition) is 3. The van der Waals surface area contributed by atoms with Gasteiger partial charge in [-0.15, -0.1) is 0 Å². The smallest absolute Gasteiger partial charge is 0.192 e. The van der Waals surface area contributed by atoms with E-state index < -0.39 is 8.32 Å². The number of rotatable bonds is 4. The maximum atomic E-state index is 7.02. The molecule has 3 nitrogen and oxygen atoms in total. The van der Waals surface area contributed by atoms with Crippen LogP contribution >= 0.6 is 0 Å². The Hall–Kier alpha value is -0.163. The Labute approximate surface area is 174 Å². The molecule has 0 amide bonds. The van der Waals surface area contributed by atoms with Gasteiger partial charge < -0.3 is 13.9 Å². The molecular formula is C24H44O3Si. The quantitative estimate of drug-likeness (QED) is 0.390. The Morgan fingerprint density at radius 1 is 1.11 bits per heavy atom. The Morgan fingerprint density at radius 3 is 2.29 bits per heavy atom. The zero-order valence-corrected chi connectivity index (χ0v) is 20.7. The van der Waals surface area contributed by atoms with Crippen molar-refractivity contribution in [1.82, 2.24) is 0 Å². The molecule has 3 fully saturated rings. The van der Waals surface area contributed by atoms with Crippen molar-refractivity contribution in [1.29, 1.82) is 0 Å². The summed E-state index contributed by atoms with van der Waals surface area (Å²) in [5, 5.41) is 0.254. The lowest BCUT2D eigenvalue weighted by Crippen LogP contribution is -2.58. The molecule has 0 bridgehead atoms. The molecule has 2 aliphatic carbocycles. The highest BCUT2D eigenvalue weighted by molar-refractivity contribution is 6.74. The van der Waals surface area contributed by atoms with Gasteiger partial charge in [0, 0.05) is 6.42 Å². The van der Waals surface area contributed by atoms with Crippen LogP contribution in [0.15, 0.2) is 12.2 Å². The summed E-state index contributed by atoms with van der Waals surface area (Å²) in [5.41, 5.74) is 1.86. The van der Waals surface area contributed by atoms with Gasteiger partial charge in [-0.05, 0) is 66.5 Å². The molecular weight excluding hydrogens is 364 g/mol. The molecule has 3 aliphatic rings. The molecule has 28 heavy (non-hydrogen) atoms. The lowest BCUT2D eigenvalue weighted by Gasteiger charge is -2.61. The molecule has 3 rings (SSSR count). The predicted molar refractivity (Wildman–Crippen MR) is 119 cm³/mol. The van der Waals surface area contributed by atoms with Gasteiger partial charge in [-0.2, -0.15) is 0 Å². The standard InChI is InChI=1S/C24H44O3Si/c1-17-10-11-19-23(5,6)20(27-28(8,9)22(2,3)4)12-13-24(19,7)18(17)16-21-25-14-15-26-21/h18-21H,1,10-16H2,2-9H3/t18-,19-,20-,24+/m0/s1. The second kappa shape index (κ2) is 7.51. The van der Waals surface area contributed by atoms with Gasteiger partial charge in [0.1, 0.15) is 0 Å². The molecule has 1 aliphatic heterocycles. The van der Waals surface area contributed by atoms with Gasteiger partial charge in [-0.25, -0.2) is 0 Å². The summed E-state index contributed by atoms with van der Waals surface area (Å²) < 4.78 is 18.7. The molecule has 0 aromatic rings. The molecule has 0 spiro atoms. The number of ether oxygens (including phenoxy) is 2. The summed E-state index contributed by atoms with van der Waals surface area (Å²) in [6.45, 7) is 25.3. The van der Waals surface area contributed by atoms with Crippen molar-refractivity contribution in [2.75, 3.05) is 13.2 Å². The number of hydrogen-bond donors (Lipinski definition) is 0. The first kappa shape index (κ1) is 22.5. The van der Waals surface area contributed by atoms with Crippen LogP contribution in [0.4, 0.5) is 0 Å². The average molecular weight is 409 g/mol. The van der Waals surface area contributed by atoms with Gasteiger partial charge in [-0.3, -0.25) is 0 Å². The van der Waals surface area contributed by atoms with Gasteiger partial charge in [0.05, 0.1) is 19.3 Å². The van der Waals surface area contributed by atoms with Crippen molar-refractivity contribution < 1.29 is 13.9 Å². The van der Waals surface area contributed by atoms with Crippen molar-refractivity contribution >= 4 is 8.32 Å². The minimum atomic E-state index is -1.78. The lowest BCUT2D eigenvalue weighted by molar-refractivity contribution is -0.137. The maximum Gasteiger partial charge on any atom is 0.192 e. The predicted octanol–water partition coefficient (Wildman–Crippen LogP) is 6.55. The summed E-state index contributed by atoms with van der Waals surface area (Å²) in [5.74, 6) is 1.14. The van der Waals surface area contributed by atoms with Crippen LogP contribution in [-0.2, 0) is 13.9 Å². The Morgan fingerprint density at radius 2 is 1.71 bits per heavy atom. The highest BCUT2D eigenvalue weighted by Crippen LogP contribution is 2.63. The van der Waals surface area contributed by atoms with E-state index in [2.05, 4.69) is 61.2 Å². The third kappa shape index (κ3) is 3.91. The fraction of sp³-hybridized carbons (Fsp3) is 0.917. The molecule has 0 N–H and O–H groups in total. The van der Waals surface area contributed by atoms with Crippen molar-refractivity contribution in [2.24, 2.45) is 22.7 Å². The zero-order chi connectivity index (χ0) is 21.0. The third-order valence-electron chi connectivity index (χ3n) is 8.87. The van der Waals surface area contributed by atoms with E-state index in [1.54, 1.807) is 0 Å². The van der Waals surface area contributed by atoms with Crippen LogP contribution in [0.25, 0.3) is 0 Å². The highest BCUT2D eigenvalue weighted by Gasteiger charge is 2.58. The van der Waals surface area contributed by atoms with Crippen molar-refractivity contribution in [3.05, 3.63) is 12.2 Å². The average Bonchev–Trinajstić information content (AvgIpc) is 3.06. The number of fused-ring (bicyclic) bond motifs is 1. The van der Waals surface area contributed by atoms with Crippen LogP contribution in [-0.4, -0.2) is 33.9 Å². The molecule has 1 heterocycles. The van der Waals surface area contributed by atoms with Crippen LogP contribution in [0.3, 0.4) is 0 Å². The molecule has 0 radical (unpaired) electrons. The van der Waals surface area contributed by atoms with Crippen molar-refractivity contribution in [3.8, 4) is 0 Å². The zero-order valence-electron chi connectivity index (χ0n) is 19.7. The molecule has 162 valence electrons. The number of allylic oxidation sites excluding steroid dienone is 1. The minimum absolute atomic E-state index is 0.0401. The summed E-state index contributed by atoms with van der Waals surface area (Å²) in [7, 11) is -1.78. The van der Waals surface area contributed by atoms with E-state index in [1.807, 2.05) is 0 Å². The van der Waals surface area contributed by atoms with Gasteiger partial charge >= 0.3 is 0 Å². The van der Waals surface area contributed by atoms with Crippen LogP contribution in [0.2, 0.25) is 18.1 Å². The van der Waals surface area contributed by atoms with Crippen LogP contribution < -0.4 is 0 Å².